The van der Waals surface area contributed by atoms with Gasteiger partial charge in [0.2, 0.25) is 0 Å². The zero-order valence-corrected chi connectivity index (χ0v) is 13.0. The summed E-state index contributed by atoms with van der Waals surface area (Å²) in [6.07, 6.45) is 4.18. The number of benzene rings is 2. The third-order valence-electron chi connectivity index (χ3n) is 3.15. The number of anilines is 1. The van der Waals surface area contributed by atoms with Gasteiger partial charge in [0.1, 0.15) is 5.75 Å². The summed E-state index contributed by atoms with van der Waals surface area (Å²) >= 11 is 0. The molecule has 0 aliphatic carbocycles. The average Bonchev–Trinajstić information content (AvgIpc) is 2.54. The average molecular weight is 295 g/mol. The van der Waals surface area contributed by atoms with Crippen LogP contribution >= 0.6 is 0 Å². The van der Waals surface area contributed by atoms with Gasteiger partial charge in [-0.1, -0.05) is 36.8 Å². The summed E-state index contributed by atoms with van der Waals surface area (Å²) in [7, 11) is 0. The monoisotopic (exact) mass is 295 g/mol. The Morgan fingerprint density at radius 3 is 2.41 bits per heavy atom. The largest absolute Gasteiger partial charge is 0.494 e. The second kappa shape index (κ2) is 8.03. The first-order chi connectivity index (χ1) is 10.7. The van der Waals surface area contributed by atoms with Crippen molar-refractivity contribution in [3.8, 4) is 5.75 Å². The molecule has 0 aliphatic heterocycles. The van der Waals surface area contributed by atoms with E-state index in [-0.39, 0.29) is 5.78 Å². The lowest BCUT2D eigenvalue weighted by Gasteiger charge is -2.05. The predicted molar refractivity (Wildman–Crippen MR) is 90.5 cm³/mol. The topological polar surface area (TPSA) is 38.3 Å². The minimum atomic E-state index is -0.0181. The van der Waals surface area contributed by atoms with Crippen LogP contribution < -0.4 is 10.1 Å². The van der Waals surface area contributed by atoms with Gasteiger partial charge in [-0.25, -0.2) is 0 Å². The zero-order valence-electron chi connectivity index (χ0n) is 13.0. The van der Waals surface area contributed by atoms with Crippen molar-refractivity contribution < 1.29 is 9.53 Å². The molecule has 0 atom stereocenters. The molecule has 3 heteroatoms. The van der Waals surface area contributed by atoms with Gasteiger partial charge in [-0.15, -0.1) is 0 Å². The van der Waals surface area contributed by atoms with Gasteiger partial charge < -0.3 is 10.1 Å². The van der Waals surface area contributed by atoms with Crippen LogP contribution in [0.25, 0.3) is 0 Å². The van der Waals surface area contributed by atoms with Crippen molar-refractivity contribution in [3.05, 3.63) is 71.9 Å². The fourth-order valence-electron chi connectivity index (χ4n) is 1.89. The van der Waals surface area contributed by atoms with Gasteiger partial charge in [0.25, 0.3) is 0 Å². The Morgan fingerprint density at radius 2 is 1.77 bits per heavy atom. The van der Waals surface area contributed by atoms with E-state index in [1.165, 1.54) is 6.08 Å². The molecular formula is C19H21NO2. The number of carbonyl (C=O) groups is 1. The fourth-order valence-corrected chi connectivity index (χ4v) is 1.89. The quantitative estimate of drug-likeness (QED) is 0.599. The number of hydrogen-bond donors (Lipinski definition) is 1. The molecule has 114 valence electrons. The standard InChI is InChI=1S/C19H21NO2/c1-3-14-22-18-10-8-17(9-11-18)20-13-12-19(21)16-6-4-15(2)5-7-16/h4-13,20H,3,14H2,1-2H3/b13-12+. The Bertz CT molecular complexity index is 627. The van der Waals surface area contributed by atoms with E-state index in [1.807, 2.05) is 55.5 Å². The van der Waals surface area contributed by atoms with Crippen LogP contribution in [0.3, 0.4) is 0 Å². The van der Waals surface area contributed by atoms with Gasteiger partial charge in [-0.2, -0.15) is 0 Å². The number of ketones is 1. The van der Waals surface area contributed by atoms with E-state index in [4.69, 9.17) is 4.74 Å². The number of allylic oxidation sites excluding steroid dienone is 1. The number of aryl methyl sites for hydroxylation is 1. The summed E-state index contributed by atoms with van der Waals surface area (Å²) in [5.41, 5.74) is 2.74. The van der Waals surface area contributed by atoms with Crippen molar-refractivity contribution in [1.29, 1.82) is 0 Å². The first kappa shape index (κ1) is 15.8. The van der Waals surface area contributed by atoms with Gasteiger partial charge >= 0.3 is 0 Å². The van der Waals surface area contributed by atoms with Crippen LogP contribution in [0.5, 0.6) is 5.75 Å². The molecule has 2 rings (SSSR count). The van der Waals surface area contributed by atoms with E-state index in [9.17, 15) is 4.79 Å². The summed E-state index contributed by atoms with van der Waals surface area (Å²) in [5.74, 6) is 0.836. The molecule has 0 heterocycles. The van der Waals surface area contributed by atoms with Crippen LogP contribution in [0, 0.1) is 6.92 Å². The molecule has 0 fully saturated rings. The fraction of sp³-hybridized carbons (Fsp3) is 0.211. The second-order valence-electron chi connectivity index (χ2n) is 5.08. The lowest BCUT2D eigenvalue weighted by molar-refractivity contribution is 0.104. The Hall–Kier alpha value is -2.55. The number of nitrogens with one attached hydrogen (secondary N) is 1. The SMILES string of the molecule is CCCOc1ccc(N/C=C/C(=O)c2ccc(C)cc2)cc1. The van der Waals surface area contributed by atoms with E-state index in [0.29, 0.717) is 5.56 Å². The van der Waals surface area contributed by atoms with Crippen LogP contribution in [-0.2, 0) is 0 Å². The minimum Gasteiger partial charge on any atom is -0.494 e. The molecule has 22 heavy (non-hydrogen) atoms. The molecule has 0 saturated carbocycles. The lowest BCUT2D eigenvalue weighted by Crippen LogP contribution is -1.97. The Balaban J connectivity index is 1.88. The number of carbonyl (C=O) groups excluding carboxylic acids is 1. The number of rotatable bonds is 7. The highest BCUT2D eigenvalue weighted by Gasteiger charge is 2.00. The number of ether oxygens (including phenoxy) is 1. The highest BCUT2D eigenvalue weighted by atomic mass is 16.5. The maximum atomic E-state index is 12.0. The van der Waals surface area contributed by atoms with E-state index in [1.54, 1.807) is 6.20 Å². The molecule has 0 amide bonds. The molecule has 2 aromatic carbocycles. The van der Waals surface area contributed by atoms with Crippen molar-refractivity contribution in [2.24, 2.45) is 0 Å². The highest BCUT2D eigenvalue weighted by molar-refractivity contribution is 6.04. The first-order valence-electron chi connectivity index (χ1n) is 7.46. The van der Waals surface area contributed by atoms with Gasteiger partial charge in [0.15, 0.2) is 5.78 Å². The van der Waals surface area contributed by atoms with Gasteiger partial charge in [0, 0.05) is 23.5 Å². The third-order valence-corrected chi connectivity index (χ3v) is 3.15. The summed E-state index contributed by atoms with van der Waals surface area (Å²) in [5, 5.41) is 3.08. The van der Waals surface area contributed by atoms with E-state index < -0.39 is 0 Å². The molecular weight excluding hydrogens is 274 g/mol. The van der Waals surface area contributed by atoms with E-state index in [0.717, 1.165) is 30.0 Å². The van der Waals surface area contributed by atoms with Gasteiger partial charge in [-0.3, -0.25) is 4.79 Å². The molecule has 1 N–H and O–H groups in total. The molecule has 0 unspecified atom stereocenters. The third kappa shape index (κ3) is 4.77. The predicted octanol–water partition coefficient (Wildman–Crippen LogP) is 4.59. The number of hydrogen-bond acceptors (Lipinski definition) is 3. The molecule has 2 aromatic rings. The van der Waals surface area contributed by atoms with Crippen LogP contribution in [0.4, 0.5) is 5.69 Å². The van der Waals surface area contributed by atoms with Crippen molar-refractivity contribution in [2.75, 3.05) is 11.9 Å². The smallest absolute Gasteiger partial charge is 0.187 e. The van der Waals surface area contributed by atoms with Gasteiger partial charge in [0.05, 0.1) is 6.61 Å². The van der Waals surface area contributed by atoms with E-state index >= 15 is 0 Å². The molecule has 3 nitrogen and oxygen atoms in total. The van der Waals surface area contributed by atoms with Crippen molar-refractivity contribution in [2.45, 2.75) is 20.3 Å². The zero-order chi connectivity index (χ0) is 15.8. The normalized spacial score (nSPS) is 10.6. The summed E-state index contributed by atoms with van der Waals surface area (Å²) in [6.45, 7) is 4.79. The molecule has 0 spiro atoms. The maximum absolute atomic E-state index is 12.0. The van der Waals surface area contributed by atoms with E-state index in [2.05, 4.69) is 12.2 Å². The highest BCUT2D eigenvalue weighted by Crippen LogP contribution is 2.16. The lowest BCUT2D eigenvalue weighted by atomic mass is 10.1. The molecule has 0 radical (unpaired) electrons. The molecule has 0 bridgehead atoms. The van der Waals surface area contributed by atoms with Crippen molar-refractivity contribution in [3.63, 3.8) is 0 Å². The first-order valence-corrected chi connectivity index (χ1v) is 7.46. The van der Waals surface area contributed by atoms with Crippen LogP contribution in [0.2, 0.25) is 0 Å². The van der Waals surface area contributed by atoms with Crippen molar-refractivity contribution in [1.82, 2.24) is 0 Å². The Morgan fingerprint density at radius 1 is 1.09 bits per heavy atom. The molecule has 0 aliphatic rings. The van der Waals surface area contributed by atoms with Crippen LogP contribution in [0.15, 0.2) is 60.8 Å². The Labute approximate surface area is 131 Å². The Kier molecular flexibility index (Phi) is 5.78. The minimum absolute atomic E-state index is 0.0181. The van der Waals surface area contributed by atoms with Crippen LogP contribution in [-0.4, -0.2) is 12.4 Å². The second-order valence-corrected chi connectivity index (χ2v) is 5.08. The molecule has 0 aromatic heterocycles. The maximum Gasteiger partial charge on any atom is 0.187 e. The molecule has 0 saturated heterocycles. The van der Waals surface area contributed by atoms with Gasteiger partial charge in [-0.05, 0) is 37.6 Å². The van der Waals surface area contributed by atoms with Crippen LogP contribution in [0.1, 0.15) is 29.3 Å². The van der Waals surface area contributed by atoms with Crippen molar-refractivity contribution >= 4 is 11.5 Å². The summed E-state index contributed by atoms with van der Waals surface area (Å²) < 4.78 is 5.52. The summed E-state index contributed by atoms with van der Waals surface area (Å²) in [4.78, 5) is 12.0. The summed E-state index contributed by atoms with van der Waals surface area (Å²) in [6, 6.07) is 15.2.